The van der Waals surface area contributed by atoms with Gasteiger partial charge in [0, 0.05) is 17.8 Å². The Labute approximate surface area is 136 Å². The van der Waals surface area contributed by atoms with Gasteiger partial charge < -0.3 is 9.88 Å². The molecule has 7 nitrogen and oxygen atoms in total. The number of aromatic nitrogens is 1. The predicted molar refractivity (Wildman–Crippen MR) is 88.0 cm³/mol. The first-order valence-electron chi connectivity index (χ1n) is 7.52. The molecule has 0 aromatic carbocycles. The molecule has 0 saturated carbocycles. The molecule has 0 bridgehead atoms. The van der Waals surface area contributed by atoms with Gasteiger partial charge in [0.25, 0.3) is 0 Å². The van der Waals surface area contributed by atoms with Gasteiger partial charge in [0.2, 0.25) is 0 Å². The fourth-order valence-electron chi connectivity index (χ4n) is 2.65. The number of hydrogen-bond donors (Lipinski definition) is 2. The Hall–Kier alpha value is -2.01. The third-order valence-electron chi connectivity index (χ3n) is 3.71. The van der Waals surface area contributed by atoms with Gasteiger partial charge in [-0.2, -0.15) is 5.26 Å². The van der Waals surface area contributed by atoms with Crippen LogP contribution in [0.3, 0.4) is 0 Å². The smallest absolute Gasteiger partial charge is 0.320 e. The molecule has 0 radical (unpaired) electrons. The van der Waals surface area contributed by atoms with Gasteiger partial charge >= 0.3 is 6.03 Å². The first-order chi connectivity index (χ1) is 10.6. The molecule has 1 aliphatic heterocycles. The van der Waals surface area contributed by atoms with Crippen LogP contribution in [0, 0.1) is 11.3 Å². The van der Waals surface area contributed by atoms with Crippen LogP contribution in [-0.4, -0.2) is 36.6 Å². The molecule has 1 fully saturated rings. The second-order valence-electron chi connectivity index (χ2n) is 6.82. The summed E-state index contributed by atoms with van der Waals surface area (Å²) in [6.07, 6.45) is 2.89. The molecule has 1 saturated heterocycles. The molecular formula is C15H22N4O3S. The number of amides is 2. The number of sulfone groups is 1. The fraction of sp³-hybridized carbons (Fsp3) is 0.600. The summed E-state index contributed by atoms with van der Waals surface area (Å²) < 4.78 is 25.0. The van der Waals surface area contributed by atoms with Gasteiger partial charge in [0.15, 0.2) is 9.84 Å². The van der Waals surface area contributed by atoms with Crippen LogP contribution in [0.25, 0.3) is 0 Å². The second kappa shape index (κ2) is 6.24. The van der Waals surface area contributed by atoms with Crippen molar-refractivity contribution in [1.82, 2.24) is 9.88 Å². The molecule has 2 heterocycles. The van der Waals surface area contributed by atoms with Crippen molar-refractivity contribution in [2.45, 2.75) is 45.2 Å². The number of hydrogen-bond acceptors (Lipinski definition) is 4. The molecule has 0 aliphatic carbocycles. The lowest BCUT2D eigenvalue weighted by atomic mass is 10.1. The van der Waals surface area contributed by atoms with Crippen LogP contribution in [0.5, 0.6) is 0 Å². The summed E-state index contributed by atoms with van der Waals surface area (Å²) in [5.74, 6) is 0.667. The minimum Gasteiger partial charge on any atom is -0.334 e. The van der Waals surface area contributed by atoms with Gasteiger partial charge in [-0.05, 0) is 39.7 Å². The van der Waals surface area contributed by atoms with E-state index in [2.05, 4.69) is 16.7 Å². The number of nitrogens with zero attached hydrogens (tertiary/aromatic N) is 2. The van der Waals surface area contributed by atoms with E-state index < -0.39 is 15.9 Å². The third kappa shape index (κ3) is 4.48. The predicted octanol–water partition coefficient (Wildman–Crippen LogP) is 1.81. The first-order valence-corrected chi connectivity index (χ1v) is 9.34. The van der Waals surface area contributed by atoms with Crippen molar-refractivity contribution in [1.29, 1.82) is 5.26 Å². The van der Waals surface area contributed by atoms with Crippen LogP contribution >= 0.6 is 0 Å². The zero-order valence-corrected chi connectivity index (χ0v) is 14.4. The summed E-state index contributed by atoms with van der Waals surface area (Å²) in [7, 11) is -3.07. The average Bonchev–Trinajstić information content (AvgIpc) is 2.80. The number of urea groups is 1. The fourth-order valence-corrected chi connectivity index (χ4v) is 4.29. The van der Waals surface area contributed by atoms with Gasteiger partial charge in [-0.1, -0.05) is 0 Å². The van der Waals surface area contributed by atoms with E-state index in [9.17, 15) is 13.2 Å². The Morgan fingerprint density at radius 3 is 2.70 bits per heavy atom. The molecule has 1 aromatic rings. The van der Waals surface area contributed by atoms with E-state index in [0.29, 0.717) is 24.2 Å². The Morgan fingerprint density at radius 2 is 2.13 bits per heavy atom. The molecule has 1 aliphatic rings. The minimum atomic E-state index is -3.07. The lowest BCUT2D eigenvalue weighted by Crippen LogP contribution is -2.45. The Morgan fingerprint density at radius 1 is 1.43 bits per heavy atom. The monoisotopic (exact) mass is 338 g/mol. The summed E-state index contributed by atoms with van der Waals surface area (Å²) in [6.45, 7) is 5.89. The van der Waals surface area contributed by atoms with Crippen LogP contribution in [0.1, 0.15) is 39.2 Å². The van der Waals surface area contributed by atoms with Gasteiger partial charge in [-0.25, -0.2) is 13.2 Å². The van der Waals surface area contributed by atoms with Crippen molar-refractivity contribution >= 4 is 21.7 Å². The molecule has 0 spiro atoms. The zero-order chi connectivity index (χ0) is 17.3. The van der Waals surface area contributed by atoms with Crippen molar-refractivity contribution in [3.8, 4) is 6.07 Å². The molecule has 2 N–H and O–H groups in total. The molecule has 2 amide bonds. The Bertz CT molecular complexity index is 738. The third-order valence-corrected chi connectivity index (χ3v) is 5.53. The van der Waals surface area contributed by atoms with Crippen molar-refractivity contribution in [3.05, 3.63) is 17.8 Å². The highest BCUT2D eigenvalue weighted by atomic mass is 32.2. The highest BCUT2D eigenvalue weighted by Gasteiger charge is 2.26. The lowest BCUT2D eigenvalue weighted by Gasteiger charge is -2.26. The maximum atomic E-state index is 12.2. The largest absolute Gasteiger partial charge is 0.334 e. The van der Waals surface area contributed by atoms with E-state index >= 15 is 0 Å². The molecule has 126 valence electrons. The second-order valence-corrected chi connectivity index (χ2v) is 9.05. The van der Waals surface area contributed by atoms with E-state index in [1.54, 1.807) is 12.3 Å². The minimum absolute atomic E-state index is 0.0237. The topological polar surface area (TPSA) is 104 Å². The van der Waals surface area contributed by atoms with Crippen molar-refractivity contribution in [2.24, 2.45) is 0 Å². The van der Waals surface area contributed by atoms with Crippen molar-refractivity contribution in [2.75, 3.05) is 16.8 Å². The normalized spacial score (nSPS) is 20.5. The van der Waals surface area contributed by atoms with Crippen LogP contribution in [0.15, 0.2) is 12.3 Å². The highest BCUT2D eigenvalue weighted by Crippen LogP contribution is 2.24. The van der Waals surface area contributed by atoms with Gasteiger partial charge in [-0.15, -0.1) is 0 Å². The summed E-state index contributed by atoms with van der Waals surface area (Å²) >= 11 is 0. The number of anilines is 1. The summed E-state index contributed by atoms with van der Waals surface area (Å²) in [5, 5.41) is 14.5. The molecular weight excluding hydrogens is 316 g/mol. The molecule has 23 heavy (non-hydrogen) atoms. The number of carbonyl (C=O) groups is 1. The lowest BCUT2D eigenvalue weighted by molar-refractivity contribution is 0.248. The SMILES string of the molecule is CC(C)(C)n1cc(C#N)cc1NC(=O)N[C@H]1CCCS(=O)(=O)C1. The van der Waals surface area contributed by atoms with Gasteiger partial charge in [0.05, 0.1) is 17.1 Å². The molecule has 8 heteroatoms. The summed E-state index contributed by atoms with van der Waals surface area (Å²) in [5.41, 5.74) is 0.154. The molecule has 0 unspecified atom stereocenters. The highest BCUT2D eigenvalue weighted by molar-refractivity contribution is 7.91. The van der Waals surface area contributed by atoms with Crippen molar-refractivity contribution in [3.63, 3.8) is 0 Å². The maximum absolute atomic E-state index is 12.2. The van der Waals surface area contributed by atoms with Crippen LogP contribution in [0.4, 0.5) is 10.6 Å². The summed E-state index contributed by atoms with van der Waals surface area (Å²) in [6, 6.07) is 2.82. The molecule has 2 rings (SSSR count). The number of carbonyl (C=O) groups excluding carboxylic acids is 1. The van der Waals surface area contributed by atoms with E-state index in [1.165, 1.54) is 0 Å². The zero-order valence-electron chi connectivity index (χ0n) is 13.6. The Kier molecular flexibility index (Phi) is 4.71. The number of nitriles is 1. The van der Waals surface area contributed by atoms with E-state index in [-0.39, 0.29) is 23.1 Å². The van der Waals surface area contributed by atoms with Crippen LogP contribution in [-0.2, 0) is 15.4 Å². The standard InChI is InChI=1S/C15H22N4O3S/c1-15(2,3)19-9-11(8-16)7-13(19)18-14(20)17-12-5-4-6-23(21,22)10-12/h7,9,12H,4-6,10H2,1-3H3,(H2,17,18,20)/t12-/m0/s1. The van der Waals surface area contributed by atoms with E-state index in [1.807, 2.05) is 25.3 Å². The van der Waals surface area contributed by atoms with Crippen LogP contribution < -0.4 is 10.6 Å². The van der Waals surface area contributed by atoms with E-state index in [4.69, 9.17) is 5.26 Å². The van der Waals surface area contributed by atoms with Gasteiger partial charge in [-0.3, -0.25) is 5.32 Å². The van der Waals surface area contributed by atoms with Gasteiger partial charge in [0.1, 0.15) is 11.9 Å². The van der Waals surface area contributed by atoms with Crippen LogP contribution in [0.2, 0.25) is 0 Å². The average molecular weight is 338 g/mol. The quantitative estimate of drug-likeness (QED) is 0.858. The van der Waals surface area contributed by atoms with E-state index in [0.717, 1.165) is 0 Å². The van der Waals surface area contributed by atoms with Crippen molar-refractivity contribution < 1.29 is 13.2 Å². The number of nitrogens with one attached hydrogen (secondary N) is 2. The molecule has 1 aromatic heterocycles. The molecule has 1 atom stereocenters. The first kappa shape index (κ1) is 17.3. The number of rotatable bonds is 2. The Balaban J connectivity index is 2.09. The summed E-state index contributed by atoms with van der Waals surface area (Å²) in [4.78, 5) is 12.2. The maximum Gasteiger partial charge on any atom is 0.320 e.